The van der Waals surface area contributed by atoms with Crippen LogP contribution in [0.4, 0.5) is 0 Å². The Balaban J connectivity index is 2.02. The monoisotopic (exact) mass is 283 g/mol. The lowest BCUT2D eigenvalue weighted by molar-refractivity contribution is 0.243. The van der Waals surface area contributed by atoms with E-state index >= 15 is 0 Å². The first-order valence-corrected chi connectivity index (χ1v) is 6.60. The van der Waals surface area contributed by atoms with E-state index in [-0.39, 0.29) is 12.6 Å². The van der Waals surface area contributed by atoms with E-state index in [1.807, 2.05) is 0 Å². The van der Waals surface area contributed by atoms with Gasteiger partial charge in [0.25, 0.3) is 0 Å². The van der Waals surface area contributed by atoms with Crippen LogP contribution in [0, 0.1) is 12.8 Å². The van der Waals surface area contributed by atoms with Crippen molar-refractivity contribution in [3.8, 4) is 0 Å². The van der Waals surface area contributed by atoms with E-state index in [1.54, 1.807) is 0 Å². The van der Waals surface area contributed by atoms with Crippen LogP contribution in [0.2, 0.25) is 0 Å². The fourth-order valence-electron chi connectivity index (χ4n) is 1.74. The molecule has 1 fully saturated rings. The minimum Gasteiger partial charge on any atom is -0.394 e. The summed E-state index contributed by atoms with van der Waals surface area (Å²) in [5, 5.41) is 12.8. The summed E-state index contributed by atoms with van der Waals surface area (Å²) >= 11 is 3.53. The molecule has 1 atom stereocenters. The summed E-state index contributed by atoms with van der Waals surface area (Å²) in [5.41, 5.74) is 2.38. The summed E-state index contributed by atoms with van der Waals surface area (Å²) in [6, 6.07) is 6.33. The van der Waals surface area contributed by atoms with E-state index < -0.39 is 0 Å². The van der Waals surface area contributed by atoms with Crippen molar-refractivity contribution in [3.63, 3.8) is 0 Å². The number of hydrogen-bond donors (Lipinski definition) is 2. The van der Waals surface area contributed by atoms with Crippen LogP contribution in [0.5, 0.6) is 0 Å². The van der Waals surface area contributed by atoms with Crippen LogP contribution in [0.3, 0.4) is 0 Å². The molecule has 88 valence electrons. The van der Waals surface area contributed by atoms with Gasteiger partial charge < -0.3 is 10.4 Å². The molecular formula is C13H18BrNO. The maximum Gasteiger partial charge on any atom is 0.0626 e. The van der Waals surface area contributed by atoms with Gasteiger partial charge in [-0.2, -0.15) is 0 Å². The zero-order valence-electron chi connectivity index (χ0n) is 9.54. The second-order valence-electron chi connectivity index (χ2n) is 4.60. The number of aryl methyl sites for hydroxylation is 1. The normalized spacial score (nSPS) is 17.4. The van der Waals surface area contributed by atoms with Gasteiger partial charge in [-0.3, -0.25) is 0 Å². The van der Waals surface area contributed by atoms with Gasteiger partial charge in [0.15, 0.2) is 0 Å². The lowest BCUT2D eigenvalue weighted by Gasteiger charge is -2.17. The van der Waals surface area contributed by atoms with Crippen molar-refractivity contribution < 1.29 is 5.11 Å². The Morgan fingerprint density at radius 1 is 1.50 bits per heavy atom. The number of benzene rings is 1. The lowest BCUT2D eigenvalue weighted by Crippen LogP contribution is -2.26. The van der Waals surface area contributed by atoms with E-state index in [1.165, 1.54) is 18.4 Å². The van der Waals surface area contributed by atoms with Gasteiger partial charge in [-0.15, -0.1) is 0 Å². The average molecular weight is 284 g/mol. The molecule has 0 radical (unpaired) electrons. The van der Waals surface area contributed by atoms with Crippen LogP contribution in [-0.4, -0.2) is 18.3 Å². The maximum atomic E-state index is 9.40. The summed E-state index contributed by atoms with van der Waals surface area (Å²) in [5.74, 6) is 0.836. The zero-order valence-corrected chi connectivity index (χ0v) is 11.1. The molecule has 0 aromatic heterocycles. The third-order valence-electron chi connectivity index (χ3n) is 3.13. The minimum atomic E-state index is 0.0671. The van der Waals surface area contributed by atoms with Crippen molar-refractivity contribution in [3.05, 3.63) is 33.8 Å². The average Bonchev–Trinajstić information content (AvgIpc) is 3.08. The van der Waals surface area contributed by atoms with Crippen molar-refractivity contribution in [2.45, 2.75) is 25.8 Å². The molecule has 0 aliphatic heterocycles. The van der Waals surface area contributed by atoms with Crippen LogP contribution in [-0.2, 0) is 0 Å². The van der Waals surface area contributed by atoms with Crippen LogP contribution in [0.15, 0.2) is 22.7 Å². The summed E-state index contributed by atoms with van der Waals surface area (Å²) in [4.78, 5) is 0. The molecule has 0 heterocycles. The van der Waals surface area contributed by atoms with Crippen LogP contribution < -0.4 is 5.32 Å². The second kappa shape index (κ2) is 5.30. The first-order valence-electron chi connectivity index (χ1n) is 5.81. The van der Waals surface area contributed by atoms with Crippen LogP contribution in [0.25, 0.3) is 0 Å². The number of hydrogen-bond acceptors (Lipinski definition) is 2. The summed E-state index contributed by atoms with van der Waals surface area (Å²) in [6.45, 7) is 3.25. The van der Waals surface area contributed by atoms with Gasteiger partial charge in [-0.25, -0.2) is 0 Å². The third-order valence-corrected chi connectivity index (χ3v) is 3.99. The number of halogens is 1. The summed E-state index contributed by atoms with van der Waals surface area (Å²) in [6.07, 6.45) is 2.67. The Bertz CT molecular complexity index is 363. The SMILES string of the molecule is Cc1ccc(C(CO)NCC2CC2)cc1Br. The molecule has 2 N–H and O–H groups in total. The molecule has 2 nitrogen and oxygen atoms in total. The molecule has 1 aromatic carbocycles. The van der Waals surface area contributed by atoms with Crippen molar-refractivity contribution in [2.75, 3.05) is 13.2 Å². The first kappa shape index (κ1) is 12.1. The third kappa shape index (κ3) is 3.06. The largest absolute Gasteiger partial charge is 0.394 e. The van der Waals surface area contributed by atoms with E-state index in [0.717, 1.165) is 22.5 Å². The number of nitrogens with one attached hydrogen (secondary N) is 1. The van der Waals surface area contributed by atoms with Gasteiger partial charge in [0.1, 0.15) is 0 Å². The first-order chi connectivity index (χ1) is 7.70. The molecule has 16 heavy (non-hydrogen) atoms. The molecule has 0 amide bonds. The molecule has 1 aliphatic carbocycles. The van der Waals surface area contributed by atoms with Crippen LogP contribution >= 0.6 is 15.9 Å². The predicted molar refractivity (Wildman–Crippen MR) is 69.4 cm³/mol. The highest BCUT2D eigenvalue weighted by molar-refractivity contribution is 9.10. The molecule has 1 unspecified atom stereocenters. The van der Waals surface area contributed by atoms with Gasteiger partial charge in [0.2, 0.25) is 0 Å². The van der Waals surface area contributed by atoms with Gasteiger partial charge in [0, 0.05) is 4.47 Å². The molecule has 3 heteroatoms. The minimum absolute atomic E-state index is 0.0671. The van der Waals surface area contributed by atoms with Crippen molar-refractivity contribution >= 4 is 15.9 Å². The van der Waals surface area contributed by atoms with Crippen molar-refractivity contribution in [1.82, 2.24) is 5.32 Å². The number of aliphatic hydroxyl groups is 1. The Morgan fingerprint density at radius 3 is 2.81 bits per heavy atom. The zero-order chi connectivity index (χ0) is 11.5. The molecule has 0 spiro atoms. The van der Waals surface area contributed by atoms with Gasteiger partial charge in [-0.05, 0) is 49.4 Å². The molecule has 1 aliphatic rings. The summed E-state index contributed by atoms with van der Waals surface area (Å²) in [7, 11) is 0. The van der Waals surface area contributed by atoms with E-state index in [2.05, 4.69) is 46.4 Å². The topological polar surface area (TPSA) is 32.3 Å². The highest BCUT2D eigenvalue weighted by Gasteiger charge is 2.22. The van der Waals surface area contributed by atoms with Crippen molar-refractivity contribution in [1.29, 1.82) is 0 Å². The van der Waals surface area contributed by atoms with E-state index in [0.29, 0.717) is 0 Å². The Labute approximate surface area is 105 Å². The van der Waals surface area contributed by atoms with Crippen LogP contribution in [0.1, 0.15) is 30.0 Å². The molecule has 1 aromatic rings. The Kier molecular flexibility index (Phi) is 4.00. The smallest absolute Gasteiger partial charge is 0.0626 e. The van der Waals surface area contributed by atoms with E-state index in [4.69, 9.17) is 0 Å². The predicted octanol–water partition coefficient (Wildman–Crippen LogP) is 2.79. The highest BCUT2D eigenvalue weighted by atomic mass is 79.9. The Hall–Kier alpha value is -0.380. The number of aliphatic hydroxyl groups excluding tert-OH is 1. The molecule has 2 rings (SSSR count). The fourth-order valence-corrected chi connectivity index (χ4v) is 2.14. The molecular weight excluding hydrogens is 266 g/mol. The Morgan fingerprint density at radius 2 is 2.25 bits per heavy atom. The fraction of sp³-hybridized carbons (Fsp3) is 0.538. The summed E-state index contributed by atoms with van der Waals surface area (Å²) < 4.78 is 1.11. The van der Waals surface area contributed by atoms with Gasteiger partial charge in [-0.1, -0.05) is 28.1 Å². The number of rotatable bonds is 5. The standard InChI is InChI=1S/C13H18BrNO/c1-9-2-5-11(6-12(9)14)13(8-16)15-7-10-3-4-10/h2,5-6,10,13,15-16H,3-4,7-8H2,1H3. The highest BCUT2D eigenvalue weighted by Crippen LogP contribution is 2.29. The maximum absolute atomic E-state index is 9.40. The van der Waals surface area contributed by atoms with Gasteiger partial charge in [0.05, 0.1) is 12.6 Å². The van der Waals surface area contributed by atoms with Crippen molar-refractivity contribution in [2.24, 2.45) is 5.92 Å². The molecule has 1 saturated carbocycles. The molecule has 0 saturated heterocycles. The van der Waals surface area contributed by atoms with Gasteiger partial charge >= 0.3 is 0 Å². The van der Waals surface area contributed by atoms with E-state index in [9.17, 15) is 5.11 Å². The molecule has 0 bridgehead atoms. The second-order valence-corrected chi connectivity index (χ2v) is 5.45. The quantitative estimate of drug-likeness (QED) is 0.871. The lowest BCUT2D eigenvalue weighted by atomic mass is 10.1.